The van der Waals surface area contributed by atoms with E-state index in [-0.39, 0.29) is 0 Å². The number of rotatable bonds is 4. The SMILES string of the molecule is Cc1ccc2sc(NC(C)CN3CCOCC3)nc2c1. The molecule has 108 valence electrons. The Balaban J connectivity index is 1.63. The molecule has 1 aromatic heterocycles. The summed E-state index contributed by atoms with van der Waals surface area (Å²) in [6.45, 7) is 9.13. The third-order valence-corrected chi connectivity index (χ3v) is 4.52. The monoisotopic (exact) mass is 291 g/mol. The molecule has 0 spiro atoms. The van der Waals surface area contributed by atoms with Crippen molar-refractivity contribution in [3.05, 3.63) is 23.8 Å². The first-order valence-corrected chi connectivity index (χ1v) is 7.96. The number of benzene rings is 1. The van der Waals surface area contributed by atoms with Crippen LogP contribution in [-0.4, -0.2) is 48.8 Å². The first-order chi connectivity index (χ1) is 9.70. The van der Waals surface area contributed by atoms with Gasteiger partial charge in [0.2, 0.25) is 0 Å². The molecular formula is C15H21N3OS. The number of nitrogens with one attached hydrogen (secondary N) is 1. The van der Waals surface area contributed by atoms with Gasteiger partial charge in [0, 0.05) is 25.7 Å². The van der Waals surface area contributed by atoms with Gasteiger partial charge in [0.05, 0.1) is 23.4 Å². The zero-order valence-electron chi connectivity index (χ0n) is 12.1. The van der Waals surface area contributed by atoms with E-state index in [1.807, 2.05) is 0 Å². The van der Waals surface area contributed by atoms with Gasteiger partial charge in [-0.05, 0) is 31.5 Å². The topological polar surface area (TPSA) is 37.4 Å². The quantitative estimate of drug-likeness (QED) is 0.940. The Bertz CT molecular complexity index is 578. The lowest BCUT2D eigenvalue weighted by molar-refractivity contribution is 0.0368. The molecule has 1 unspecified atom stereocenters. The fourth-order valence-corrected chi connectivity index (χ4v) is 3.48. The van der Waals surface area contributed by atoms with Crippen LogP contribution in [0.2, 0.25) is 0 Å². The molecule has 0 radical (unpaired) electrons. The smallest absolute Gasteiger partial charge is 0.184 e. The lowest BCUT2D eigenvalue weighted by atomic mass is 10.2. The second kappa shape index (κ2) is 6.08. The van der Waals surface area contributed by atoms with Gasteiger partial charge in [-0.15, -0.1) is 0 Å². The van der Waals surface area contributed by atoms with Crippen molar-refractivity contribution < 1.29 is 4.74 Å². The van der Waals surface area contributed by atoms with E-state index in [1.165, 1.54) is 10.3 Å². The summed E-state index contributed by atoms with van der Waals surface area (Å²) in [5, 5.41) is 4.54. The number of nitrogens with zero attached hydrogens (tertiary/aromatic N) is 2. The second-order valence-corrected chi connectivity index (χ2v) is 6.48. The van der Waals surface area contributed by atoms with Crippen LogP contribution in [-0.2, 0) is 4.74 Å². The standard InChI is InChI=1S/C15H21N3OS/c1-11-3-4-14-13(9-11)17-15(20-14)16-12(2)10-18-5-7-19-8-6-18/h3-4,9,12H,5-8,10H2,1-2H3,(H,16,17). The Kier molecular flexibility index (Phi) is 4.19. The van der Waals surface area contributed by atoms with E-state index in [9.17, 15) is 0 Å². The lowest BCUT2D eigenvalue weighted by Gasteiger charge is -2.29. The van der Waals surface area contributed by atoms with E-state index < -0.39 is 0 Å². The van der Waals surface area contributed by atoms with Crippen LogP contribution >= 0.6 is 11.3 Å². The zero-order valence-corrected chi connectivity index (χ0v) is 12.9. The van der Waals surface area contributed by atoms with Crippen LogP contribution in [0.3, 0.4) is 0 Å². The number of ether oxygens (including phenoxy) is 1. The molecule has 1 aliphatic heterocycles. The van der Waals surface area contributed by atoms with Crippen LogP contribution in [0.5, 0.6) is 0 Å². The Morgan fingerprint density at radius 2 is 2.20 bits per heavy atom. The van der Waals surface area contributed by atoms with Crippen molar-refractivity contribution in [3.8, 4) is 0 Å². The van der Waals surface area contributed by atoms with Crippen LogP contribution in [0, 0.1) is 6.92 Å². The molecular weight excluding hydrogens is 270 g/mol. The lowest BCUT2D eigenvalue weighted by Crippen LogP contribution is -2.42. The maximum atomic E-state index is 5.38. The first kappa shape index (κ1) is 13.8. The van der Waals surface area contributed by atoms with Gasteiger partial charge in [-0.2, -0.15) is 0 Å². The maximum absolute atomic E-state index is 5.38. The molecule has 2 aromatic rings. The molecule has 0 bridgehead atoms. The van der Waals surface area contributed by atoms with E-state index >= 15 is 0 Å². The molecule has 20 heavy (non-hydrogen) atoms. The number of thiazole rings is 1. The van der Waals surface area contributed by atoms with Gasteiger partial charge < -0.3 is 10.1 Å². The zero-order chi connectivity index (χ0) is 13.9. The molecule has 0 saturated carbocycles. The number of aryl methyl sites for hydroxylation is 1. The number of aromatic nitrogens is 1. The minimum atomic E-state index is 0.398. The summed E-state index contributed by atoms with van der Waals surface area (Å²) in [7, 11) is 0. The third-order valence-electron chi connectivity index (χ3n) is 3.55. The Morgan fingerprint density at radius 3 is 3.00 bits per heavy atom. The van der Waals surface area contributed by atoms with E-state index in [4.69, 9.17) is 4.74 Å². The fraction of sp³-hybridized carbons (Fsp3) is 0.533. The van der Waals surface area contributed by atoms with E-state index in [1.54, 1.807) is 11.3 Å². The van der Waals surface area contributed by atoms with Gasteiger partial charge in [0.15, 0.2) is 5.13 Å². The molecule has 3 rings (SSSR count). The third kappa shape index (κ3) is 3.29. The molecule has 1 atom stereocenters. The van der Waals surface area contributed by atoms with Crippen molar-refractivity contribution in [2.24, 2.45) is 0 Å². The van der Waals surface area contributed by atoms with E-state index in [0.29, 0.717) is 6.04 Å². The number of anilines is 1. The summed E-state index contributed by atoms with van der Waals surface area (Å²) < 4.78 is 6.63. The number of hydrogen-bond donors (Lipinski definition) is 1. The Hall–Kier alpha value is -1.17. The summed E-state index contributed by atoms with van der Waals surface area (Å²) in [5.41, 5.74) is 2.35. The van der Waals surface area contributed by atoms with Gasteiger partial charge in [-0.1, -0.05) is 17.4 Å². The summed E-state index contributed by atoms with van der Waals surface area (Å²) in [6, 6.07) is 6.83. The molecule has 1 N–H and O–H groups in total. The van der Waals surface area contributed by atoms with E-state index in [2.05, 4.69) is 47.2 Å². The molecule has 1 aliphatic rings. The van der Waals surface area contributed by atoms with Crippen molar-refractivity contribution in [1.82, 2.24) is 9.88 Å². The minimum Gasteiger partial charge on any atom is -0.379 e. The van der Waals surface area contributed by atoms with Crippen LogP contribution in [0.15, 0.2) is 18.2 Å². The number of hydrogen-bond acceptors (Lipinski definition) is 5. The fourth-order valence-electron chi connectivity index (χ4n) is 2.53. The first-order valence-electron chi connectivity index (χ1n) is 7.14. The second-order valence-electron chi connectivity index (χ2n) is 5.45. The predicted octanol–water partition coefficient (Wildman–Crippen LogP) is 2.74. The van der Waals surface area contributed by atoms with Gasteiger partial charge in [0.1, 0.15) is 0 Å². The summed E-state index contributed by atoms with van der Waals surface area (Å²) in [4.78, 5) is 7.11. The molecule has 2 heterocycles. The Morgan fingerprint density at radius 1 is 1.40 bits per heavy atom. The highest BCUT2D eigenvalue weighted by Gasteiger charge is 2.14. The molecule has 1 aromatic carbocycles. The molecule has 4 nitrogen and oxygen atoms in total. The normalized spacial score (nSPS) is 18.3. The molecule has 0 aliphatic carbocycles. The van der Waals surface area contributed by atoms with Crippen LogP contribution in [0.1, 0.15) is 12.5 Å². The summed E-state index contributed by atoms with van der Waals surface area (Å²) >= 11 is 1.73. The van der Waals surface area contributed by atoms with Crippen molar-refractivity contribution in [2.75, 3.05) is 38.2 Å². The number of fused-ring (bicyclic) bond motifs is 1. The summed E-state index contributed by atoms with van der Waals surface area (Å²) in [6.07, 6.45) is 0. The highest BCUT2D eigenvalue weighted by Crippen LogP contribution is 2.27. The largest absolute Gasteiger partial charge is 0.379 e. The van der Waals surface area contributed by atoms with Crippen molar-refractivity contribution in [3.63, 3.8) is 0 Å². The molecule has 1 saturated heterocycles. The predicted molar refractivity (Wildman–Crippen MR) is 84.7 cm³/mol. The van der Waals surface area contributed by atoms with Crippen LogP contribution in [0.4, 0.5) is 5.13 Å². The summed E-state index contributed by atoms with van der Waals surface area (Å²) in [5.74, 6) is 0. The highest BCUT2D eigenvalue weighted by atomic mass is 32.1. The van der Waals surface area contributed by atoms with Gasteiger partial charge in [-0.25, -0.2) is 4.98 Å². The maximum Gasteiger partial charge on any atom is 0.184 e. The van der Waals surface area contributed by atoms with Gasteiger partial charge in [-0.3, -0.25) is 4.90 Å². The van der Waals surface area contributed by atoms with Crippen LogP contribution in [0.25, 0.3) is 10.2 Å². The molecule has 5 heteroatoms. The average Bonchev–Trinajstić information content (AvgIpc) is 2.80. The van der Waals surface area contributed by atoms with Gasteiger partial charge >= 0.3 is 0 Å². The minimum absolute atomic E-state index is 0.398. The molecule has 0 amide bonds. The Labute approximate surface area is 123 Å². The van der Waals surface area contributed by atoms with Gasteiger partial charge in [0.25, 0.3) is 0 Å². The molecule has 1 fully saturated rings. The number of morpholine rings is 1. The van der Waals surface area contributed by atoms with Crippen molar-refractivity contribution in [2.45, 2.75) is 19.9 Å². The van der Waals surface area contributed by atoms with Crippen LogP contribution < -0.4 is 5.32 Å². The highest BCUT2D eigenvalue weighted by molar-refractivity contribution is 7.22. The van der Waals surface area contributed by atoms with E-state index in [0.717, 1.165) is 43.5 Å². The average molecular weight is 291 g/mol. The van der Waals surface area contributed by atoms with Crippen molar-refractivity contribution in [1.29, 1.82) is 0 Å². The van der Waals surface area contributed by atoms with Crippen molar-refractivity contribution >= 4 is 26.7 Å².